The summed E-state index contributed by atoms with van der Waals surface area (Å²) in [6.45, 7) is 12.0. The lowest BCUT2D eigenvalue weighted by atomic mass is 9.89. The fourth-order valence-corrected chi connectivity index (χ4v) is 3.77. The van der Waals surface area contributed by atoms with Crippen molar-refractivity contribution in [2.75, 3.05) is 13.1 Å². The number of carbonyl (C=O) groups is 1. The van der Waals surface area contributed by atoms with Gasteiger partial charge in [-0.2, -0.15) is 5.10 Å². The van der Waals surface area contributed by atoms with Gasteiger partial charge in [0.2, 0.25) is 5.91 Å². The molecule has 0 N–H and O–H groups in total. The van der Waals surface area contributed by atoms with Crippen molar-refractivity contribution in [3.8, 4) is 11.4 Å². The molecule has 5 nitrogen and oxygen atoms in total. The van der Waals surface area contributed by atoms with Crippen LogP contribution < -0.4 is 0 Å². The maximum Gasteiger partial charge on any atom is 0.227 e. The Balaban J connectivity index is 1.64. The first-order valence-corrected chi connectivity index (χ1v) is 10.0. The van der Waals surface area contributed by atoms with Crippen molar-refractivity contribution in [1.29, 1.82) is 0 Å². The van der Waals surface area contributed by atoms with Crippen LogP contribution in [0.25, 0.3) is 11.4 Å². The third-order valence-electron chi connectivity index (χ3n) is 5.27. The number of piperidine rings is 1. The molecule has 2 aromatic rings. The summed E-state index contributed by atoms with van der Waals surface area (Å²) < 4.78 is 2.02. The molecule has 1 aliphatic heterocycles. The first kappa shape index (κ1) is 19.6. The van der Waals surface area contributed by atoms with Gasteiger partial charge in [-0.25, -0.2) is 0 Å². The molecule has 1 fully saturated rings. The quantitative estimate of drug-likeness (QED) is 0.806. The highest BCUT2D eigenvalue weighted by Gasteiger charge is 2.30. The smallest absolute Gasteiger partial charge is 0.227 e. The van der Waals surface area contributed by atoms with E-state index in [0.29, 0.717) is 12.0 Å². The first-order valence-electron chi connectivity index (χ1n) is 10.0. The molecule has 2 aromatic heterocycles. The van der Waals surface area contributed by atoms with E-state index in [4.69, 9.17) is 4.98 Å². The van der Waals surface area contributed by atoms with Crippen molar-refractivity contribution in [2.45, 2.75) is 59.9 Å². The average Bonchev–Trinajstić information content (AvgIpc) is 3.11. The van der Waals surface area contributed by atoms with Gasteiger partial charge in [0.1, 0.15) is 0 Å². The molecule has 1 aliphatic rings. The molecule has 5 heteroatoms. The Bertz CT molecular complexity index is 780. The zero-order valence-corrected chi connectivity index (χ0v) is 17.3. The fourth-order valence-electron chi connectivity index (χ4n) is 3.77. The number of amides is 1. The van der Waals surface area contributed by atoms with Gasteiger partial charge in [-0.3, -0.25) is 14.5 Å². The Morgan fingerprint density at radius 2 is 1.89 bits per heavy atom. The lowest BCUT2D eigenvalue weighted by molar-refractivity contribution is -0.140. The standard InChI is InChI=1S/C22H32N4O/c1-16(2)26-20(9-12-23-26)19-8-6-7-18(24-19)15-17-10-13-25(14-11-17)21(27)22(3,4)5/h6-9,12,16-17H,10-11,13-15H2,1-5H3. The first-order chi connectivity index (χ1) is 12.8. The summed E-state index contributed by atoms with van der Waals surface area (Å²) in [5, 5.41) is 4.42. The lowest BCUT2D eigenvalue weighted by Gasteiger charge is -2.35. The highest BCUT2D eigenvalue weighted by molar-refractivity contribution is 5.81. The van der Waals surface area contributed by atoms with Gasteiger partial charge in [-0.15, -0.1) is 0 Å². The third kappa shape index (κ3) is 4.57. The second-order valence-electron chi connectivity index (χ2n) is 8.96. The van der Waals surface area contributed by atoms with Crippen LogP contribution in [-0.2, 0) is 11.2 Å². The topological polar surface area (TPSA) is 51.0 Å². The molecular weight excluding hydrogens is 336 g/mol. The summed E-state index contributed by atoms with van der Waals surface area (Å²) in [6, 6.07) is 8.61. The van der Waals surface area contributed by atoms with Crippen molar-refractivity contribution in [1.82, 2.24) is 19.7 Å². The normalized spacial score (nSPS) is 16.1. The molecule has 0 aliphatic carbocycles. The predicted molar refractivity (Wildman–Crippen MR) is 108 cm³/mol. The maximum absolute atomic E-state index is 12.5. The summed E-state index contributed by atoms with van der Waals surface area (Å²) in [5.41, 5.74) is 2.89. The van der Waals surface area contributed by atoms with Gasteiger partial charge < -0.3 is 4.90 Å². The van der Waals surface area contributed by atoms with Crippen LogP contribution in [0.5, 0.6) is 0 Å². The van der Waals surface area contributed by atoms with Gasteiger partial charge in [0.25, 0.3) is 0 Å². The highest BCUT2D eigenvalue weighted by Crippen LogP contribution is 2.26. The lowest BCUT2D eigenvalue weighted by Crippen LogP contribution is -2.44. The minimum absolute atomic E-state index is 0.267. The molecule has 0 spiro atoms. The van der Waals surface area contributed by atoms with Crippen molar-refractivity contribution in [3.05, 3.63) is 36.2 Å². The molecule has 0 bridgehead atoms. The third-order valence-corrected chi connectivity index (χ3v) is 5.27. The van der Waals surface area contributed by atoms with Gasteiger partial charge in [0.05, 0.1) is 11.4 Å². The van der Waals surface area contributed by atoms with Crippen LogP contribution in [0.2, 0.25) is 0 Å². The molecule has 0 aromatic carbocycles. The number of nitrogens with zero attached hydrogens (tertiary/aromatic N) is 4. The van der Waals surface area contributed by atoms with E-state index in [-0.39, 0.29) is 11.3 Å². The van der Waals surface area contributed by atoms with Crippen LogP contribution in [0, 0.1) is 11.3 Å². The van der Waals surface area contributed by atoms with Crippen LogP contribution in [0.15, 0.2) is 30.5 Å². The second kappa shape index (κ2) is 7.83. The maximum atomic E-state index is 12.5. The van der Waals surface area contributed by atoms with Gasteiger partial charge in [-0.05, 0) is 57.2 Å². The van der Waals surface area contributed by atoms with E-state index in [1.165, 1.54) is 0 Å². The van der Waals surface area contributed by atoms with Gasteiger partial charge in [0, 0.05) is 36.4 Å². The molecule has 1 saturated heterocycles. The molecule has 1 amide bonds. The largest absolute Gasteiger partial charge is 0.342 e. The second-order valence-corrected chi connectivity index (χ2v) is 8.96. The Hall–Kier alpha value is -2.17. The monoisotopic (exact) mass is 368 g/mol. The fraction of sp³-hybridized carbons (Fsp3) is 0.591. The molecule has 146 valence electrons. The predicted octanol–water partition coefficient (Wildman–Crippen LogP) is 4.35. The molecule has 3 heterocycles. The number of pyridine rings is 1. The van der Waals surface area contributed by atoms with Gasteiger partial charge >= 0.3 is 0 Å². The van der Waals surface area contributed by atoms with Crippen molar-refractivity contribution < 1.29 is 4.79 Å². The Kier molecular flexibility index (Phi) is 5.68. The molecule has 3 rings (SSSR count). The zero-order chi connectivity index (χ0) is 19.6. The van der Waals surface area contributed by atoms with E-state index >= 15 is 0 Å². The van der Waals surface area contributed by atoms with Crippen molar-refractivity contribution in [3.63, 3.8) is 0 Å². The number of hydrogen-bond donors (Lipinski definition) is 0. The number of likely N-dealkylation sites (tertiary alicyclic amines) is 1. The van der Waals surface area contributed by atoms with E-state index < -0.39 is 0 Å². The number of rotatable bonds is 4. The summed E-state index contributed by atoms with van der Waals surface area (Å²) in [4.78, 5) is 19.4. The average molecular weight is 369 g/mol. The molecule has 0 radical (unpaired) electrons. The minimum Gasteiger partial charge on any atom is -0.342 e. The SMILES string of the molecule is CC(C)n1nccc1-c1cccc(CC2CCN(C(=O)C(C)(C)C)CC2)n1. The summed E-state index contributed by atoms with van der Waals surface area (Å²) >= 11 is 0. The van der Waals surface area contributed by atoms with E-state index in [2.05, 4.69) is 37.1 Å². The zero-order valence-electron chi connectivity index (χ0n) is 17.3. The number of aromatic nitrogens is 3. The van der Waals surface area contributed by atoms with E-state index in [1.54, 1.807) is 0 Å². The van der Waals surface area contributed by atoms with Crippen molar-refractivity contribution >= 4 is 5.91 Å². The molecule has 0 unspecified atom stereocenters. The van der Waals surface area contributed by atoms with E-state index in [9.17, 15) is 4.79 Å². The Morgan fingerprint density at radius 1 is 1.19 bits per heavy atom. The van der Waals surface area contributed by atoms with Crippen LogP contribution in [0.3, 0.4) is 0 Å². The van der Waals surface area contributed by atoms with E-state index in [1.807, 2.05) is 42.6 Å². The van der Waals surface area contributed by atoms with Crippen LogP contribution in [0.1, 0.15) is 59.2 Å². The van der Waals surface area contributed by atoms with Crippen molar-refractivity contribution in [2.24, 2.45) is 11.3 Å². The summed E-state index contributed by atoms with van der Waals surface area (Å²) in [5.74, 6) is 0.856. The van der Waals surface area contributed by atoms with E-state index in [0.717, 1.165) is 49.4 Å². The number of hydrogen-bond acceptors (Lipinski definition) is 3. The van der Waals surface area contributed by atoms with Crippen LogP contribution in [0.4, 0.5) is 0 Å². The molecule has 0 atom stereocenters. The van der Waals surface area contributed by atoms with Gasteiger partial charge in [-0.1, -0.05) is 26.8 Å². The molecule has 0 saturated carbocycles. The van der Waals surface area contributed by atoms with Crippen LogP contribution >= 0.6 is 0 Å². The molecular formula is C22H32N4O. The molecule has 27 heavy (non-hydrogen) atoms. The Morgan fingerprint density at radius 3 is 2.52 bits per heavy atom. The highest BCUT2D eigenvalue weighted by atomic mass is 16.2. The summed E-state index contributed by atoms with van der Waals surface area (Å²) in [7, 11) is 0. The summed E-state index contributed by atoms with van der Waals surface area (Å²) in [6.07, 6.45) is 4.92. The Labute approximate surface area is 162 Å². The van der Waals surface area contributed by atoms with Gasteiger partial charge in [0.15, 0.2) is 0 Å². The number of carbonyl (C=O) groups excluding carboxylic acids is 1. The van der Waals surface area contributed by atoms with Crippen LogP contribution in [-0.4, -0.2) is 38.7 Å². The minimum atomic E-state index is -0.290.